The average molecular weight is 460 g/mol. The zero-order valence-electron chi connectivity index (χ0n) is 19.2. The first-order valence-corrected chi connectivity index (χ1v) is 10.9. The van der Waals surface area contributed by atoms with Crippen LogP contribution < -0.4 is 4.90 Å². The zero-order chi connectivity index (χ0) is 23.9. The first-order valence-electron chi connectivity index (χ1n) is 10.9. The van der Waals surface area contributed by atoms with Crippen molar-refractivity contribution in [2.24, 2.45) is 5.92 Å². The number of carbonyl (C=O) groups excluding carboxylic acids is 1. The number of carbonyl (C=O) groups is 1. The van der Waals surface area contributed by atoms with E-state index in [2.05, 4.69) is 23.6 Å². The van der Waals surface area contributed by atoms with E-state index < -0.39 is 11.7 Å². The number of benzene rings is 2. The smallest absolute Gasteiger partial charge is 0.416 e. The van der Waals surface area contributed by atoms with E-state index >= 15 is 0 Å². The lowest BCUT2D eigenvalue weighted by Crippen LogP contribution is -2.50. The third kappa shape index (κ3) is 4.57. The molecule has 2 aromatic carbocycles. The van der Waals surface area contributed by atoms with Crippen molar-refractivity contribution in [1.29, 1.82) is 0 Å². The van der Waals surface area contributed by atoms with Crippen LogP contribution in [0, 0.1) is 5.92 Å². The second kappa shape index (κ2) is 8.74. The van der Waals surface area contributed by atoms with Crippen LogP contribution in [0.1, 0.15) is 25.0 Å². The molecule has 2 heterocycles. The molecule has 8 heteroatoms. The van der Waals surface area contributed by atoms with E-state index in [9.17, 15) is 18.0 Å². The molecule has 1 aliphatic heterocycles. The van der Waals surface area contributed by atoms with E-state index in [0.717, 1.165) is 28.5 Å². The van der Waals surface area contributed by atoms with Crippen molar-refractivity contribution in [2.75, 3.05) is 32.1 Å². The molecular formula is C25H28F3N3O2. The predicted molar refractivity (Wildman–Crippen MR) is 123 cm³/mol. The molecule has 0 saturated carbocycles. The van der Waals surface area contributed by atoms with Gasteiger partial charge in [-0.1, -0.05) is 6.07 Å². The van der Waals surface area contributed by atoms with Gasteiger partial charge in [-0.25, -0.2) is 0 Å². The van der Waals surface area contributed by atoms with Gasteiger partial charge in [-0.15, -0.1) is 0 Å². The van der Waals surface area contributed by atoms with E-state index in [0.29, 0.717) is 25.0 Å². The lowest BCUT2D eigenvalue weighted by molar-refractivity contribution is -0.146. The Kier molecular flexibility index (Phi) is 6.14. The number of alkyl halides is 3. The number of hydrogen-bond acceptors (Lipinski definition) is 4. The Morgan fingerprint density at radius 2 is 1.85 bits per heavy atom. The third-order valence-electron chi connectivity index (χ3n) is 6.40. The van der Waals surface area contributed by atoms with Crippen molar-refractivity contribution in [3.8, 4) is 5.69 Å². The maximum Gasteiger partial charge on any atom is 0.416 e. The SMILES string of the molecule is COC(=O)C1CN(c2cccc(-n3cc(CN(C)C(C)C)c4cc(C(F)(F)F)ccc43)c2)C1. The number of halogens is 3. The average Bonchev–Trinajstić information content (AvgIpc) is 3.10. The third-order valence-corrected chi connectivity index (χ3v) is 6.40. The summed E-state index contributed by atoms with van der Waals surface area (Å²) in [4.78, 5) is 15.9. The molecule has 1 aromatic heterocycles. The minimum atomic E-state index is -4.40. The van der Waals surface area contributed by atoms with Crippen LogP contribution in [0.25, 0.3) is 16.6 Å². The van der Waals surface area contributed by atoms with E-state index in [4.69, 9.17) is 4.74 Å². The number of esters is 1. The number of hydrogen-bond donors (Lipinski definition) is 0. The maximum absolute atomic E-state index is 13.4. The number of ether oxygens (including phenoxy) is 1. The second-order valence-corrected chi connectivity index (χ2v) is 8.91. The Morgan fingerprint density at radius 1 is 1.15 bits per heavy atom. The highest BCUT2D eigenvalue weighted by Crippen LogP contribution is 2.35. The molecule has 1 fully saturated rings. The summed E-state index contributed by atoms with van der Waals surface area (Å²) in [6, 6.07) is 12.0. The first-order chi connectivity index (χ1) is 15.6. The zero-order valence-corrected chi connectivity index (χ0v) is 19.2. The highest BCUT2D eigenvalue weighted by molar-refractivity contribution is 5.87. The molecule has 0 aliphatic carbocycles. The molecular weight excluding hydrogens is 431 g/mol. The molecule has 176 valence electrons. The first kappa shape index (κ1) is 23.2. The lowest BCUT2D eigenvalue weighted by atomic mass is 9.99. The van der Waals surface area contributed by atoms with Crippen LogP contribution >= 0.6 is 0 Å². The van der Waals surface area contributed by atoms with Gasteiger partial charge < -0.3 is 14.2 Å². The summed E-state index contributed by atoms with van der Waals surface area (Å²) < 4.78 is 47.0. The lowest BCUT2D eigenvalue weighted by Gasteiger charge is -2.39. The Balaban J connectivity index is 1.73. The summed E-state index contributed by atoms with van der Waals surface area (Å²) in [7, 11) is 3.35. The van der Waals surface area contributed by atoms with Crippen LogP contribution in [-0.4, -0.2) is 48.7 Å². The molecule has 33 heavy (non-hydrogen) atoms. The summed E-state index contributed by atoms with van der Waals surface area (Å²) in [6.07, 6.45) is -2.47. The van der Waals surface area contributed by atoms with E-state index in [-0.39, 0.29) is 17.9 Å². The van der Waals surface area contributed by atoms with Crippen LogP contribution in [0.2, 0.25) is 0 Å². The second-order valence-electron chi connectivity index (χ2n) is 8.91. The van der Waals surface area contributed by atoms with Crippen molar-refractivity contribution in [2.45, 2.75) is 32.6 Å². The molecule has 0 spiro atoms. The van der Waals surface area contributed by atoms with Gasteiger partial charge in [0.05, 0.1) is 24.1 Å². The van der Waals surface area contributed by atoms with Crippen LogP contribution in [0.4, 0.5) is 18.9 Å². The normalized spacial score (nSPS) is 14.9. The molecule has 0 unspecified atom stereocenters. The molecule has 0 atom stereocenters. The number of fused-ring (bicyclic) bond motifs is 1. The fourth-order valence-electron chi connectivity index (χ4n) is 4.11. The summed E-state index contributed by atoms with van der Waals surface area (Å²) >= 11 is 0. The van der Waals surface area contributed by atoms with Gasteiger partial charge >= 0.3 is 12.1 Å². The predicted octanol–water partition coefficient (Wildman–Crippen LogP) is 5.10. The summed E-state index contributed by atoms with van der Waals surface area (Å²) in [5.41, 5.74) is 2.74. The largest absolute Gasteiger partial charge is 0.469 e. The van der Waals surface area contributed by atoms with Gasteiger partial charge in [0.25, 0.3) is 0 Å². The van der Waals surface area contributed by atoms with Crippen LogP contribution in [0.5, 0.6) is 0 Å². The van der Waals surface area contributed by atoms with Crippen molar-refractivity contribution < 1.29 is 22.7 Å². The van der Waals surface area contributed by atoms with Gasteiger partial charge in [0.1, 0.15) is 0 Å². The molecule has 3 aromatic rings. The number of nitrogens with zero attached hydrogens (tertiary/aromatic N) is 3. The van der Waals surface area contributed by atoms with Crippen LogP contribution in [-0.2, 0) is 22.3 Å². The molecule has 0 amide bonds. The minimum Gasteiger partial charge on any atom is -0.469 e. The maximum atomic E-state index is 13.4. The molecule has 0 bridgehead atoms. The number of methoxy groups -OCH3 is 1. The minimum absolute atomic E-state index is 0.134. The Hall–Kier alpha value is -3.00. The summed E-state index contributed by atoms with van der Waals surface area (Å²) in [5.74, 6) is -0.344. The number of rotatable bonds is 6. The standard InChI is InChI=1S/C25H28F3N3O2/c1-16(2)29(3)12-17-15-31(23-9-8-19(10-22(17)23)25(26,27)28)21-7-5-6-20(11-21)30-13-18(14-30)24(32)33-4/h5-11,15-16,18H,12-14H2,1-4H3. The van der Waals surface area contributed by atoms with Gasteiger partial charge in [-0.05, 0) is 62.9 Å². The van der Waals surface area contributed by atoms with E-state index in [1.54, 1.807) is 6.07 Å². The Morgan fingerprint density at radius 3 is 2.48 bits per heavy atom. The molecule has 1 aliphatic rings. The molecule has 0 radical (unpaired) electrons. The number of aromatic nitrogens is 1. The fraction of sp³-hybridized carbons (Fsp3) is 0.400. The van der Waals surface area contributed by atoms with Crippen molar-refractivity contribution in [3.63, 3.8) is 0 Å². The topological polar surface area (TPSA) is 37.7 Å². The molecule has 5 nitrogen and oxygen atoms in total. The van der Waals surface area contributed by atoms with Crippen LogP contribution in [0.3, 0.4) is 0 Å². The quantitative estimate of drug-likeness (QED) is 0.481. The van der Waals surface area contributed by atoms with Gasteiger partial charge in [-0.2, -0.15) is 13.2 Å². The molecule has 0 N–H and O–H groups in total. The monoisotopic (exact) mass is 459 g/mol. The van der Waals surface area contributed by atoms with Gasteiger partial charge in [0.15, 0.2) is 0 Å². The van der Waals surface area contributed by atoms with E-state index in [1.165, 1.54) is 13.2 Å². The molecule has 4 rings (SSSR count). The van der Waals surface area contributed by atoms with Gasteiger partial charge in [0.2, 0.25) is 0 Å². The van der Waals surface area contributed by atoms with Gasteiger partial charge in [0, 0.05) is 48.6 Å². The Labute approximate surface area is 191 Å². The fourth-order valence-corrected chi connectivity index (χ4v) is 4.11. The van der Waals surface area contributed by atoms with Crippen LogP contribution in [0.15, 0.2) is 48.7 Å². The highest BCUT2D eigenvalue weighted by Gasteiger charge is 2.34. The van der Waals surface area contributed by atoms with Crippen molar-refractivity contribution in [1.82, 2.24) is 9.47 Å². The molecule has 1 saturated heterocycles. The van der Waals surface area contributed by atoms with E-state index in [1.807, 2.05) is 42.1 Å². The van der Waals surface area contributed by atoms with Crippen molar-refractivity contribution >= 4 is 22.6 Å². The Bertz CT molecular complexity index is 1160. The highest BCUT2D eigenvalue weighted by atomic mass is 19.4. The van der Waals surface area contributed by atoms with Gasteiger partial charge in [-0.3, -0.25) is 9.69 Å². The number of anilines is 1. The van der Waals surface area contributed by atoms with Crippen molar-refractivity contribution in [3.05, 3.63) is 59.8 Å². The summed E-state index contributed by atoms with van der Waals surface area (Å²) in [6.45, 7) is 5.82. The summed E-state index contributed by atoms with van der Waals surface area (Å²) in [5, 5.41) is 0.595.